The number of aryl methyl sites for hydroxylation is 2. The van der Waals surface area contributed by atoms with E-state index in [9.17, 15) is 28.1 Å². The largest absolute Gasteiger partial charge is 0.436 e. The number of alkyl halides is 3. The van der Waals surface area contributed by atoms with Gasteiger partial charge >= 0.3 is 6.18 Å². The number of carbonyl (C=O) groups is 1. The Hall–Kier alpha value is -2.86. The zero-order valence-corrected chi connectivity index (χ0v) is 18.4. The molecule has 0 bridgehead atoms. The minimum absolute atomic E-state index is 0.0653. The summed E-state index contributed by atoms with van der Waals surface area (Å²) in [6.45, 7) is 1.93. The molecule has 0 radical (unpaired) electrons. The Morgan fingerprint density at radius 2 is 1.84 bits per heavy atom. The zero-order valence-electron chi connectivity index (χ0n) is 16.0. The average molecular weight is 515 g/mol. The molecule has 12 heteroatoms. The summed E-state index contributed by atoms with van der Waals surface area (Å²) < 4.78 is 39.4. The Morgan fingerprint density at radius 1 is 1.19 bits per heavy atom. The van der Waals surface area contributed by atoms with E-state index in [0.29, 0.717) is 4.90 Å². The summed E-state index contributed by atoms with van der Waals surface area (Å²) in [7, 11) is 1.20. The second kappa shape index (κ2) is 8.71. The van der Waals surface area contributed by atoms with Gasteiger partial charge in [-0.05, 0) is 41.1 Å². The molecule has 0 spiro atoms. The van der Waals surface area contributed by atoms with E-state index in [1.165, 1.54) is 30.9 Å². The van der Waals surface area contributed by atoms with Crippen LogP contribution in [0.2, 0.25) is 0 Å². The third-order valence-electron chi connectivity index (χ3n) is 4.09. The molecule has 0 saturated heterocycles. The molecule has 1 amide bonds. The minimum Gasteiger partial charge on any atom is -0.320 e. The second-order valence-corrected chi connectivity index (χ2v) is 8.41. The number of benzene rings is 2. The van der Waals surface area contributed by atoms with Crippen molar-refractivity contribution in [1.29, 1.82) is 0 Å². The van der Waals surface area contributed by atoms with Gasteiger partial charge in [-0.15, -0.1) is 0 Å². The molecule has 31 heavy (non-hydrogen) atoms. The van der Waals surface area contributed by atoms with Crippen molar-refractivity contribution >= 4 is 45.0 Å². The van der Waals surface area contributed by atoms with E-state index >= 15 is 0 Å². The topological polar surface area (TPSA) is 90.1 Å². The van der Waals surface area contributed by atoms with E-state index in [-0.39, 0.29) is 17.1 Å². The third kappa shape index (κ3) is 5.25. The smallest absolute Gasteiger partial charge is 0.320 e. The molecule has 0 atom stereocenters. The van der Waals surface area contributed by atoms with Crippen LogP contribution in [0.25, 0.3) is 0 Å². The van der Waals surface area contributed by atoms with Gasteiger partial charge in [-0.25, -0.2) is 0 Å². The molecule has 0 fully saturated rings. The number of non-ortho nitro benzene ring substituents is 1. The van der Waals surface area contributed by atoms with Crippen LogP contribution in [-0.2, 0) is 13.2 Å². The van der Waals surface area contributed by atoms with Crippen molar-refractivity contribution in [1.82, 2.24) is 9.78 Å². The molecule has 1 N–H and O–H groups in total. The zero-order chi connectivity index (χ0) is 22.9. The molecule has 0 aliphatic carbocycles. The first kappa shape index (κ1) is 22.8. The summed E-state index contributed by atoms with van der Waals surface area (Å²) in [5, 5.41) is 17.1. The van der Waals surface area contributed by atoms with E-state index in [0.717, 1.165) is 21.2 Å². The highest BCUT2D eigenvalue weighted by Crippen LogP contribution is 2.36. The molecule has 1 heterocycles. The Bertz CT molecular complexity index is 1160. The van der Waals surface area contributed by atoms with Crippen LogP contribution in [0, 0.1) is 17.0 Å². The van der Waals surface area contributed by atoms with E-state index in [1.807, 2.05) is 31.2 Å². The van der Waals surface area contributed by atoms with Gasteiger partial charge in [-0.3, -0.25) is 19.6 Å². The number of rotatable bonds is 5. The maximum Gasteiger partial charge on any atom is 0.436 e. The minimum atomic E-state index is -4.75. The highest BCUT2D eigenvalue weighted by atomic mass is 79.9. The Kier molecular flexibility index (Phi) is 6.41. The van der Waals surface area contributed by atoms with Crippen molar-refractivity contribution < 1.29 is 22.9 Å². The molecule has 7 nitrogen and oxygen atoms in total. The molecule has 2 aromatic carbocycles. The van der Waals surface area contributed by atoms with Crippen molar-refractivity contribution in [2.75, 3.05) is 5.32 Å². The van der Waals surface area contributed by atoms with Crippen molar-refractivity contribution in [3.05, 3.63) is 74.0 Å². The maximum atomic E-state index is 13.0. The summed E-state index contributed by atoms with van der Waals surface area (Å²) in [6.07, 6.45) is -4.75. The lowest BCUT2D eigenvalue weighted by molar-refractivity contribution is -0.385. The molecular formula is C19H14BrF3N4O3S. The second-order valence-electron chi connectivity index (χ2n) is 6.47. The average Bonchev–Trinajstić information content (AvgIpc) is 2.98. The molecule has 0 saturated carbocycles. The monoisotopic (exact) mass is 514 g/mol. The van der Waals surface area contributed by atoms with Gasteiger partial charge in [0.1, 0.15) is 5.69 Å². The number of nitro benzene ring substituents is 1. The predicted molar refractivity (Wildman–Crippen MR) is 112 cm³/mol. The van der Waals surface area contributed by atoms with Gasteiger partial charge in [-0.1, -0.05) is 29.5 Å². The third-order valence-corrected chi connectivity index (χ3v) is 5.82. The first-order valence-corrected chi connectivity index (χ1v) is 10.2. The number of nitro groups is 1. The Balaban J connectivity index is 1.93. The number of hydrogen-bond donors (Lipinski definition) is 1. The number of anilines is 1. The van der Waals surface area contributed by atoms with Gasteiger partial charge in [0.05, 0.1) is 9.40 Å². The highest BCUT2D eigenvalue weighted by molar-refractivity contribution is 9.10. The van der Waals surface area contributed by atoms with Gasteiger partial charge < -0.3 is 5.32 Å². The number of hydrogen-bond acceptors (Lipinski definition) is 5. The molecule has 0 unspecified atom stereocenters. The lowest BCUT2D eigenvalue weighted by Crippen LogP contribution is -2.16. The molecule has 0 aliphatic heterocycles. The fraction of sp³-hybridized carbons (Fsp3) is 0.158. The van der Waals surface area contributed by atoms with E-state index in [4.69, 9.17) is 0 Å². The lowest BCUT2D eigenvalue weighted by atomic mass is 10.2. The normalized spacial score (nSPS) is 11.4. The number of aromatic nitrogens is 2. The molecule has 0 aliphatic rings. The summed E-state index contributed by atoms with van der Waals surface area (Å²) >= 11 is 4.02. The molecule has 162 valence electrons. The van der Waals surface area contributed by atoms with Crippen LogP contribution in [0.15, 0.2) is 56.7 Å². The van der Waals surface area contributed by atoms with Crippen LogP contribution in [0.4, 0.5) is 24.5 Å². The fourth-order valence-corrected chi connectivity index (χ4v) is 4.33. The highest BCUT2D eigenvalue weighted by Gasteiger charge is 2.39. The van der Waals surface area contributed by atoms with Crippen molar-refractivity contribution in [2.45, 2.75) is 22.9 Å². The quantitative estimate of drug-likeness (QED) is 0.342. The van der Waals surface area contributed by atoms with Crippen LogP contribution in [-0.4, -0.2) is 20.6 Å². The van der Waals surface area contributed by atoms with Gasteiger partial charge in [0, 0.05) is 34.7 Å². The lowest BCUT2D eigenvalue weighted by Gasteiger charge is -2.09. The predicted octanol–water partition coefficient (Wildman–Crippen LogP) is 5.82. The first-order valence-electron chi connectivity index (χ1n) is 8.60. The summed E-state index contributed by atoms with van der Waals surface area (Å²) in [6, 6.07) is 11.5. The number of amides is 1. The Morgan fingerprint density at radius 3 is 2.39 bits per heavy atom. The molecule has 1 aromatic heterocycles. The SMILES string of the molecule is Cc1ccc(Sc2cc(NC(=O)c3c(Br)c(C(F)(F)F)nn3C)cc([N+](=O)[O-])c2)cc1. The first-order chi connectivity index (χ1) is 14.5. The number of nitrogens with zero attached hydrogens (tertiary/aromatic N) is 3. The van der Waals surface area contributed by atoms with Crippen molar-refractivity contribution in [3.8, 4) is 0 Å². The van der Waals surface area contributed by atoms with Gasteiger partial charge in [0.25, 0.3) is 11.6 Å². The molecule has 3 aromatic rings. The van der Waals surface area contributed by atoms with E-state index in [1.54, 1.807) is 0 Å². The van der Waals surface area contributed by atoms with E-state index < -0.39 is 27.2 Å². The van der Waals surface area contributed by atoms with E-state index in [2.05, 4.69) is 26.3 Å². The van der Waals surface area contributed by atoms with Crippen LogP contribution in [0.5, 0.6) is 0 Å². The van der Waals surface area contributed by atoms with Gasteiger partial charge in [0.2, 0.25) is 0 Å². The van der Waals surface area contributed by atoms with Crippen LogP contribution >= 0.6 is 27.7 Å². The van der Waals surface area contributed by atoms with Gasteiger partial charge in [-0.2, -0.15) is 18.3 Å². The molecule has 3 rings (SSSR count). The number of halogens is 4. The molecular weight excluding hydrogens is 501 g/mol. The standard InChI is InChI=1S/C19H14BrF3N4O3S/c1-10-3-5-13(6-4-10)31-14-8-11(7-12(9-14)27(29)30)24-18(28)16-15(20)17(19(21,22)23)25-26(16)2/h3-9H,1-2H3,(H,24,28). The summed E-state index contributed by atoms with van der Waals surface area (Å²) in [4.78, 5) is 24.6. The van der Waals surface area contributed by atoms with Crippen LogP contribution in [0.3, 0.4) is 0 Å². The summed E-state index contributed by atoms with van der Waals surface area (Å²) in [5.74, 6) is -0.899. The Labute approximate surface area is 186 Å². The van der Waals surface area contributed by atoms with Crippen molar-refractivity contribution in [2.24, 2.45) is 7.05 Å². The fourth-order valence-electron chi connectivity index (χ4n) is 2.68. The number of carbonyl (C=O) groups excluding carboxylic acids is 1. The maximum absolute atomic E-state index is 13.0. The van der Waals surface area contributed by atoms with Gasteiger partial charge in [0.15, 0.2) is 5.69 Å². The van der Waals surface area contributed by atoms with Crippen LogP contribution in [0.1, 0.15) is 21.7 Å². The van der Waals surface area contributed by atoms with Crippen LogP contribution < -0.4 is 5.32 Å². The summed E-state index contributed by atoms with van der Waals surface area (Å²) in [5.41, 5.74) is -0.763. The number of nitrogens with one attached hydrogen (secondary N) is 1. The van der Waals surface area contributed by atoms with Crippen molar-refractivity contribution in [3.63, 3.8) is 0 Å².